The van der Waals surface area contributed by atoms with Crippen LogP contribution in [0.25, 0.3) is 11.0 Å². The zero-order valence-corrected chi connectivity index (χ0v) is 18.3. The van der Waals surface area contributed by atoms with Crippen molar-refractivity contribution in [1.29, 1.82) is 0 Å². The Kier molecular flexibility index (Phi) is 8.27. The van der Waals surface area contributed by atoms with Gasteiger partial charge in [0, 0.05) is 26.2 Å². The van der Waals surface area contributed by atoms with Crippen molar-refractivity contribution in [2.45, 2.75) is 46.9 Å². The van der Waals surface area contributed by atoms with Gasteiger partial charge in [0.1, 0.15) is 5.82 Å². The van der Waals surface area contributed by atoms with Crippen LogP contribution in [0.15, 0.2) is 53.5 Å². The van der Waals surface area contributed by atoms with Gasteiger partial charge in [-0.25, -0.2) is 9.98 Å². The second-order valence-corrected chi connectivity index (χ2v) is 7.18. The molecular weight excluding hydrogens is 374 g/mol. The van der Waals surface area contributed by atoms with Gasteiger partial charge in [-0.1, -0.05) is 36.4 Å². The van der Waals surface area contributed by atoms with Crippen LogP contribution in [0.5, 0.6) is 0 Å². The molecule has 30 heavy (non-hydrogen) atoms. The van der Waals surface area contributed by atoms with Crippen LogP contribution in [-0.2, 0) is 24.4 Å². The summed E-state index contributed by atoms with van der Waals surface area (Å²) in [5.74, 6) is 1.90. The minimum atomic E-state index is 0.629. The molecule has 2 aromatic carbocycles. The van der Waals surface area contributed by atoms with Crippen LogP contribution in [0, 0.1) is 6.92 Å². The maximum Gasteiger partial charge on any atom is 0.191 e. The summed E-state index contributed by atoms with van der Waals surface area (Å²) >= 11 is 0. The summed E-state index contributed by atoms with van der Waals surface area (Å²) in [4.78, 5) is 9.42. The first-order valence-electron chi connectivity index (χ1n) is 10.8. The Hall–Kier alpha value is -2.86. The van der Waals surface area contributed by atoms with Gasteiger partial charge in [-0.15, -0.1) is 0 Å². The summed E-state index contributed by atoms with van der Waals surface area (Å²) in [5.41, 5.74) is 4.65. The van der Waals surface area contributed by atoms with Crippen molar-refractivity contribution < 1.29 is 4.74 Å². The monoisotopic (exact) mass is 407 g/mol. The van der Waals surface area contributed by atoms with E-state index in [1.165, 1.54) is 16.6 Å². The van der Waals surface area contributed by atoms with Gasteiger partial charge in [-0.3, -0.25) is 0 Å². The van der Waals surface area contributed by atoms with Crippen molar-refractivity contribution in [3.63, 3.8) is 0 Å². The molecule has 6 nitrogen and oxygen atoms in total. The van der Waals surface area contributed by atoms with Gasteiger partial charge in [0.05, 0.1) is 24.2 Å². The highest BCUT2D eigenvalue weighted by Gasteiger charge is 2.06. The fourth-order valence-electron chi connectivity index (χ4n) is 3.49. The number of ether oxygens (including phenoxy) is 1. The van der Waals surface area contributed by atoms with Gasteiger partial charge in [0.15, 0.2) is 5.96 Å². The molecule has 0 fully saturated rings. The number of nitrogens with one attached hydrogen (secondary N) is 2. The molecule has 160 valence electrons. The van der Waals surface area contributed by atoms with Gasteiger partial charge < -0.3 is 19.9 Å². The van der Waals surface area contributed by atoms with Crippen LogP contribution in [0.3, 0.4) is 0 Å². The molecule has 0 saturated heterocycles. The fourth-order valence-corrected chi connectivity index (χ4v) is 3.49. The van der Waals surface area contributed by atoms with Gasteiger partial charge in [0.2, 0.25) is 0 Å². The van der Waals surface area contributed by atoms with Crippen molar-refractivity contribution >= 4 is 17.0 Å². The van der Waals surface area contributed by atoms with E-state index in [0.717, 1.165) is 43.4 Å². The first-order valence-corrected chi connectivity index (χ1v) is 10.8. The first-order chi connectivity index (χ1) is 14.7. The van der Waals surface area contributed by atoms with Crippen LogP contribution >= 0.6 is 0 Å². The van der Waals surface area contributed by atoms with E-state index in [1.807, 2.05) is 19.1 Å². The van der Waals surface area contributed by atoms with Gasteiger partial charge in [-0.05, 0) is 50.5 Å². The fraction of sp³-hybridized carbons (Fsp3) is 0.417. The Balaban J connectivity index is 1.56. The van der Waals surface area contributed by atoms with Crippen molar-refractivity contribution in [3.8, 4) is 0 Å². The molecule has 0 bridgehead atoms. The van der Waals surface area contributed by atoms with Crippen LogP contribution < -0.4 is 10.6 Å². The van der Waals surface area contributed by atoms with E-state index in [9.17, 15) is 0 Å². The van der Waals surface area contributed by atoms with Crippen molar-refractivity contribution in [2.75, 3.05) is 19.7 Å². The van der Waals surface area contributed by atoms with Crippen LogP contribution in [0.2, 0.25) is 0 Å². The average molecular weight is 408 g/mol. The quantitative estimate of drug-likeness (QED) is 0.303. The third-order valence-electron chi connectivity index (χ3n) is 5.03. The van der Waals surface area contributed by atoms with E-state index < -0.39 is 0 Å². The molecule has 0 aliphatic heterocycles. The molecule has 0 amide bonds. The molecule has 3 rings (SSSR count). The molecular formula is C24H33N5O. The summed E-state index contributed by atoms with van der Waals surface area (Å²) in [5, 5.41) is 6.80. The number of rotatable bonds is 10. The number of para-hydroxylation sites is 2. The average Bonchev–Trinajstić information content (AvgIpc) is 3.09. The summed E-state index contributed by atoms with van der Waals surface area (Å²) in [6, 6.07) is 16.6. The molecule has 1 heterocycles. The Morgan fingerprint density at radius 2 is 1.80 bits per heavy atom. The van der Waals surface area contributed by atoms with Gasteiger partial charge in [0.25, 0.3) is 0 Å². The number of hydrogen-bond donors (Lipinski definition) is 2. The second kappa shape index (κ2) is 11.4. The molecule has 0 aliphatic rings. The standard InChI is InChI=1S/C24H33N5O/c1-4-25-24(27-17-20-11-6-7-12-21(20)18-30-5-2)26-15-10-16-29-19(3)28-22-13-8-9-14-23(22)29/h6-9,11-14H,4-5,10,15-18H2,1-3H3,(H2,25,26,27). The molecule has 3 aromatic rings. The first kappa shape index (κ1) is 21.8. The third kappa shape index (κ3) is 5.83. The summed E-state index contributed by atoms with van der Waals surface area (Å²) in [6.45, 7) is 10.7. The summed E-state index contributed by atoms with van der Waals surface area (Å²) in [6.07, 6.45) is 0.993. The van der Waals surface area contributed by atoms with E-state index in [1.54, 1.807) is 0 Å². The van der Waals surface area contributed by atoms with Crippen LogP contribution in [0.4, 0.5) is 0 Å². The minimum Gasteiger partial charge on any atom is -0.377 e. The second-order valence-electron chi connectivity index (χ2n) is 7.18. The Morgan fingerprint density at radius 3 is 2.60 bits per heavy atom. The maximum absolute atomic E-state index is 5.58. The van der Waals surface area contributed by atoms with Crippen LogP contribution in [-0.4, -0.2) is 35.2 Å². The number of imidazole rings is 1. The lowest BCUT2D eigenvalue weighted by atomic mass is 10.1. The van der Waals surface area contributed by atoms with Crippen molar-refractivity contribution in [2.24, 2.45) is 4.99 Å². The SMILES string of the molecule is CCNC(=NCc1ccccc1COCC)NCCCn1c(C)nc2ccccc21. The lowest BCUT2D eigenvalue weighted by molar-refractivity contribution is 0.133. The maximum atomic E-state index is 5.58. The number of aryl methyl sites for hydroxylation is 2. The number of nitrogens with zero attached hydrogens (tertiary/aromatic N) is 3. The zero-order valence-electron chi connectivity index (χ0n) is 18.3. The smallest absolute Gasteiger partial charge is 0.191 e. The summed E-state index contributed by atoms with van der Waals surface area (Å²) in [7, 11) is 0. The Morgan fingerprint density at radius 1 is 1.03 bits per heavy atom. The zero-order chi connectivity index (χ0) is 21.2. The number of fused-ring (bicyclic) bond motifs is 1. The molecule has 1 aromatic heterocycles. The van der Waals surface area contributed by atoms with Crippen LogP contribution in [0.1, 0.15) is 37.2 Å². The predicted molar refractivity (Wildman–Crippen MR) is 124 cm³/mol. The molecule has 6 heteroatoms. The molecule has 0 atom stereocenters. The molecule has 0 aliphatic carbocycles. The van der Waals surface area contributed by atoms with E-state index in [-0.39, 0.29) is 0 Å². The minimum absolute atomic E-state index is 0.629. The lowest BCUT2D eigenvalue weighted by Gasteiger charge is -2.13. The molecule has 2 N–H and O–H groups in total. The molecule has 0 spiro atoms. The third-order valence-corrected chi connectivity index (χ3v) is 5.03. The normalized spacial score (nSPS) is 11.8. The highest BCUT2D eigenvalue weighted by atomic mass is 16.5. The van der Waals surface area contributed by atoms with E-state index in [0.29, 0.717) is 19.8 Å². The number of hydrogen-bond acceptors (Lipinski definition) is 3. The van der Waals surface area contributed by atoms with Gasteiger partial charge >= 0.3 is 0 Å². The van der Waals surface area contributed by atoms with E-state index >= 15 is 0 Å². The highest BCUT2D eigenvalue weighted by Crippen LogP contribution is 2.15. The largest absolute Gasteiger partial charge is 0.377 e. The van der Waals surface area contributed by atoms with Crippen molar-refractivity contribution in [1.82, 2.24) is 20.2 Å². The summed E-state index contributed by atoms with van der Waals surface area (Å²) < 4.78 is 7.87. The number of aliphatic imine (C=N–C) groups is 1. The van der Waals surface area contributed by atoms with E-state index in [4.69, 9.17) is 9.73 Å². The van der Waals surface area contributed by atoms with E-state index in [2.05, 4.69) is 70.4 Å². The number of benzene rings is 2. The Bertz CT molecular complexity index is 963. The van der Waals surface area contributed by atoms with Crippen molar-refractivity contribution in [3.05, 3.63) is 65.5 Å². The molecule has 0 saturated carbocycles. The topological polar surface area (TPSA) is 63.5 Å². The number of guanidine groups is 1. The Labute approximate surface area is 179 Å². The highest BCUT2D eigenvalue weighted by molar-refractivity contribution is 5.79. The predicted octanol–water partition coefficient (Wildman–Crippen LogP) is 4.03. The molecule has 0 unspecified atom stereocenters. The number of aromatic nitrogens is 2. The molecule has 0 radical (unpaired) electrons. The lowest BCUT2D eigenvalue weighted by Crippen LogP contribution is -2.38. The van der Waals surface area contributed by atoms with Gasteiger partial charge in [-0.2, -0.15) is 0 Å².